The van der Waals surface area contributed by atoms with Crippen molar-refractivity contribution in [2.75, 3.05) is 6.54 Å². The molecule has 0 spiro atoms. The highest BCUT2D eigenvalue weighted by Gasteiger charge is 2.45. The van der Waals surface area contributed by atoms with E-state index in [-0.39, 0.29) is 36.2 Å². The van der Waals surface area contributed by atoms with Gasteiger partial charge in [-0.3, -0.25) is 19.7 Å². The van der Waals surface area contributed by atoms with Crippen LogP contribution in [-0.4, -0.2) is 47.4 Å². The lowest BCUT2D eigenvalue weighted by Crippen LogP contribution is -2.53. The first-order chi connectivity index (χ1) is 14.9. The number of benzene rings is 1. The molecule has 2 fully saturated rings. The summed E-state index contributed by atoms with van der Waals surface area (Å²) in [5.41, 5.74) is 2.97. The van der Waals surface area contributed by atoms with Gasteiger partial charge in [0, 0.05) is 37.0 Å². The van der Waals surface area contributed by atoms with Gasteiger partial charge in [-0.15, -0.1) is 0 Å². The number of carbonyl (C=O) groups excluding carboxylic acids is 3. The van der Waals surface area contributed by atoms with E-state index in [1.54, 1.807) is 4.90 Å². The van der Waals surface area contributed by atoms with E-state index < -0.39 is 6.04 Å². The van der Waals surface area contributed by atoms with E-state index in [2.05, 4.69) is 48.7 Å². The maximum absolute atomic E-state index is 12.9. The molecule has 1 aliphatic carbocycles. The molecule has 7 nitrogen and oxygen atoms in total. The molecule has 2 aliphatic heterocycles. The van der Waals surface area contributed by atoms with Gasteiger partial charge in [0.25, 0.3) is 5.91 Å². The van der Waals surface area contributed by atoms with E-state index in [0.717, 1.165) is 12.1 Å². The summed E-state index contributed by atoms with van der Waals surface area (Å²) >= 11 is 0. The second kappa shape index (κ2) is 9.16. The van der Waals surface area contributed by atoms with Gasteiger partial charge >= 0.3 is 0 Å². The van der Waals surface area contributed by atoms with E-state index in [1.165, 1.54) is 5.56 Å². The molecule has 3 unspecified atom stereocenters. The van der Waals surface area contributed by atoms with Crippen molar-refractivity contribution < 1.29 is 19.1 Å². The summed E-state index contributed by atoms with van der Waals surface area (Å²) in [6.45, 7) is 5.95. The molecule has 164 valence electrons. The standard InChI is InChI=1S/C24H29N3O4/c1-15(2)25-12-16-6-8-17(9-7-16)14-31-21-5-3-4-18-19(21)13-27(24(18)30)20-10-11-22(28)26-23(20)29/h3-9,15,19-21,25H,10-14H2,1-2H3,(H,26,28,29). The molecule has 0 aromatic heterocycles. The average molecular weight is 424 g/mol. The highest BCUT2D eigenvalue weighted by atomic mass is 16.5. The molecule has 4 rings (SSSR count). The van der Waals surface area contributed by atoms with E-state index in [9.17, 15) is 14.4 Å². The lowest BCUT2D eigenvalue weighted by atomic mass is 9.91. The van der Waals surface area contributed by atoms with Crippen LogP contribution in [0, 0.1) is 5.92 Å². The van der Waals surface area contributed by atoms with Gasteiger partial charge in [-0.2, -0.15) is 0 Å². The van der Waals surface area contributed by atoms with Crippen molar-refractivity contribution in [3.8, 4) is 0 Å². The molecule has 1 aromatic rings. The summed E-state index contributed by atoms with van der Waals surface area (Å²) in [6, 6.07) is 8.17. The SMILES string of the molecule is CC(C)NCc1ccc(COC2C=CC=C3C(=O)N(C4CCC(=O)NC4=O)CC32)cc1. The number of piperidine rings is 1. The van der Waals surface area contributed by atoms with Crippen LogP contribution in [0.3, 0.4) is 0 Å². The largest absolute Gasteiger partial charge is 0.369 e. The van der Waals surface area contributed by atoms with Gasteiger partial charge < -0.3 is 15.0 Å². The summed E-state index contributed by atoms with van der Waals surface area (Å²) in [7, 11) is 0. The van der Waals surface area contributed by atoms with Gasteiger partial charge in [0.15, 0.2) is 0 Å². The van der Waals surface area contributed by atoms with Crippen molar-refractivity contribution in [2.45, 2.75) is 58.0 Å². The summed E-state index contributed by atoms with van der Waals surface area (Å²) in [6.07, 6.45) is 6.02. The maximum Gasteiger partial charge on any atom is 0.250 e. The smallest absolute Gasteiger partial charge is 0.250 e. The van der Waals surface area contributed by atoms with E-state index in [4.69, 9.17) is 4.74 Å². The molecule has 0 saturated carbocycles. The van der Waals surface area contributed by atoms with Crippen LogP contribution < -0.4 is 10.6 Å². The Balaban J connectivity index is 1.37. The summed E-state index contributed by atoms with van der Waals surface area (Å²) in [5, 5.41) is 5.74. The van der Waals surface area contributed by atoms with Crippen molar-refractivity contribution in [3.63, 3.8) is 0 Å². The number of fused-ring (bicyclic) bond motifs is 1. The van der Waals surface area contributed by atoms with Gasteiger partial charge in [-0.05, 0) is 17.5 Å². The van der Waals surface area contributed by atoms with Gasteiger partial charge in [0.2, 0.25) is 11.8 Å². The minimum Gasteiger partial charge on any atom is -0.369 e. The Morgan fingerprint density at radius 2 is 1.90 bits per heavy atom. The zero-order valence-electron chi connectivity index (χ0n) is 18.0. The van der Waals surface area contributed by atoms with Gasteiger partial charge in [-0.1, -0.05) is 56.3 Å². The number of ether oxygens (including phenoxy) is 1. The van der Waals surface area contributed by atoms with Crippen LogP contribution in [0.2, 0.25) is 0 Å². The number of nitrogens with one attached hydrogen (secondary N) is 2. The van der Waals surface area contributed by atoms with Crippen LogP contribution in [-0.2, 0) is 32.3 Å². The molecule has 2 saturated heterocycles. The number of amides is 3. The quantitative estimate of drug-likeness (QED) is 0.654. The minimum absolute atomic E-state index is 0.113. The normalized spacial score (nSPS) is 25.6. The van der Waals surface area contributed by atoms with Crippen LogP contribution in [0.15, 0.2) is 48.1 Å². The fourth-order valence-corrected chi connectivity index (χ4v) is 4.28. The van der Waals surface area contributed by atoms with E-state index in [1.807, 2.05) is 18.2 Å². The number of nitrogens with zero attached hydrogens (tertiary/aromatic N) is 1. The Kier molecular flexibility index (Phi) is 6.34. The molecule has 1 aromatic carbocycles. The molecule has 0 bridgehead atoms. The number of likely N-dealkylation sites (tertiary alicyclic amines) is 1. The van der Waals surface area contributed by atoms with E-state index >= 15 is 0 Å². The summed E-state index contributed by atoms with van der Waals surface area (Å²) < 4.78 is 6.17. The van der Waals surface area contributed by atoms with Crippen LogP contribution in [0.1, 0.15) is 37.8 Å². The Morgan fingerprint density at radius 3 is 2.61 bits per heavy atom. The van der Waals surface area contributed by atoms with E-state index in [0.29, 0.717) is 31.2 Å². The summed E-state index contributed by atoms with van der Waals surface area (Å²) in [4.78, 5) is 38.2. The maximum atomic E-state index is 12.9. The Morgan fingerprint density at radius 1 is 1.16 bits per heavy atom. The molecule has 7 heteroatoms. The predicted octanol–water partition coefficient (Wildman–Crippen LogP) is 1.83. The van der Waals surface area contributed by atoms with Crippen LogP contribution in [0.5, 0.6) is 0 Å². The van der Waals surface area contributed by atoms with Crippen molar-refractivity contribution in [1.29, 1.82) is 0 Å². The zero-order chi connectivity index (χ0) is 22.0. The second-order valence-electron chi connectivity index (χ2n) is 8.67. The number of hydrogen-bond acceptors (Lipinski definition) is 5. The highest BCUT2D eigenvalue weighted by Crippen LogP contribution is 2.34. The third-order valence-corrected chi connectivity index (χ3v) is 6.04. The van der Waals surface area contributed by atoms with Gasteiger partial charge in [0.05, 0.1) is 12.7 Å². The first kappa shape index (κ1) is 21.5. The summed E-state index contributed by atoms with van der Waals surface area (Å²) in [5.74, 6) is -0.920. The molecule has 31 heavy (non-hydrogen) atoms. The van der Waals surface area contributed by atoms with Crippen molar-refractivity contribution in [1.82, 2.24) is 15.5 Å². The highest BCUT2D eigenvalue weighted by molar-refractivity contribution is 6.04. The lowest BCUT2D eigenvalue weighted by Gasteiger charge is -2.30. The molecule has 3 amide bonds. The number of allylic oxidation sites excluding steroid dienone is 2. The molecule has 2 heterocycles. The number of imide groups is 1. The van der Waals surface area contributed by atoms with Crippen LogP contribution in [0.25, 0.3) is 0 Å². The topological polar surface area (TPSA) is 87.7 Å². The third-order valence-electron chi connectivity index (χ3n) is 6.04. The molecule has 3 aliphatic rings. The first-order valence-corrected chi connectivity index (χ1v) is 10.9. The third kappa shape index (κ3) is 4.78. The fourth-order valence-electron chi connectivity index (χ4n) is 4.28. The number of carbonyl (C=O) groups is 3. The second-order valence-corrected chi connectivity index (χ2v) is 8.67. The Bertz CT molecular complexity index is 919. The molecule has 2 N–H and O–H groups in total. The van der Waals surface area contributed by atoms with Crippen molar-refractivity contribution >= 4 is 17.7 Å². The first-order valence-electron chi connectivity index (χ1n) is 10.9. The van der Waals surface area contributed by atoms with Gasteiger partial charge in [0.1, 0.15) is 6.04 Å². The van der Waals surface area contributed by atoms with Crippen LogP contribution >= 0.6 is 0 Å². The predicted molar refractivity (Wildman–Crippen MR) is 116 cm³/mol. The van der Waals surface area contributed by atoms with Gasteiger partial charge in [-0.25, -0.2) is 0 Å². The zero-order valence-corrected chi connectivity index (χ0v) is 18.0. The Hall–Kier alpha value is -2.77. The van der Waals surface area contributed by atoms with Crippen LogP contribution in [0.4, 0.5) is 0 Å². The van der Waals surface area contributed by atoms with Crippen molar-refractivity contribution in [3.05, 3.63) is 59.2 Å². The van der Waals surface area contributed by atoms with Crippen molar-refractivity contribution in [2.24, 2.45) is 5.92 Å². The lowest BCUT2D eigenvalue weighted by molar-refractivity contribution is -0.142. The molecular weight excluding hydrogens is 394 g/mol. The number of rotatable bonds is 7. The average Bonchev–Trinajstić information content (AvgIpc) is 3.08. The fraction of sp³-hybridized carbons (Fsp3) is 0.458. The molecule has 0 radical (unpaired) electrons. The molecular formula is C24H29N3O4. The monoisotopic (exact) mass is 423 g/mol. The minimum atomic E-state index is -0.593. The Labute approximate surface area is 182 Å². The number of hydrogen-bond donors (Lipinski definition) is 2. The molecule has 3 atom stereocenters.